The van der Waals surface area contributed by atoms with Crippen molar-refractivity contribution in [3.8, 4) is 5.82 Å². The van der Waals surface area contributed by atoms with E-state index in [0.29, 0.717) is 24.0 Å². The molecule has 0 saturated carbocycles. The molecule has 1 unspecified atom stereocenters. The minimum Gasteiger partial charge on any atom is -0.349 e. The first-order valence-electron chi connectivity index (χ1n) is 9.59. The van der Waals surface area contributed by atoms with Gasteiger partial charge in [0.05, 0.1) is 0 Å². The minimum absolute atomic E-state index is 0.162. The van der Waals surface area contributed by atoms with E-state index >= 15 is 0 Å². The van der Waals surface area contributed by atoms with Gasteiger partial charge in [-0.25, -0.2) is 4.98 Å². The predicted octanol–water partition coefficient (Wildman–Crippen LogP) is 2.19. The zero-order valence-electron chi connectivity index (χ0n) is 16.0. The molecule has 1 aromatic carbocycles. The average molecular weight is 376 g/mol. The predicted molar refractivity (Wildman–Crippen MR) is 106 cm³/mol. The van der Waals surface area contributed by atoms with E-state index in [1.807, 2.05) is 12.1 Å². The molecule has 3 aromatic rings. The van der Waals surface area contributed by atoms with Crippen LogP contribution in [0.15, 0.2) is 55.1 Å². The molecule has 7 heteroatoms. The number of nitrogens with one attached hydrogen (secondary N) is 1. The number of carbonyl (C=O) groups is 1. The quantitative estimate of drug-likeness (QED) is 0.714. The second-order valence-electron chi connectivity index (χ2n) is 7.15. The SMILES string of the molecule is Cc1ccccc1C1CCN(CCNC(=O)c2cccc(-n3cnnc3)n2)C1. The fourth-order valence-electron chi connectivity index (χ4n) is 3.77. The third-order valence-electron chi connectivity index (χ3n) is 5.26. The Hall–Kier alpha value is -3.06. The monoisotopic (exact) mass is 376 g/mol. The van der Waals surface area contributed by atoms with E-state index in [1.54, 1.807) is 23.3 Å². The van der Waals surface area contributed by atoms with Crippen molar-refractivity contribution in [3.63, 3.8) is 0 Å². The Labute approximate surface area is 164 Å². The molecule has 0 radical (unpaired) electrons. The van der Waals surface area contributed by atoms with E-state index < -0.39 is 0 Å². The van der Waals surface area contributed by atoms with Crippen LogP contribution in [0.3, 0.4) is 0 Å². The molecule has 1 amide bonds. The van der Waals surface area contributed by atoms with Crippen LogP contribution >= 0.6 is 0 Å². The highest BCUT2D eigenvalue weighted by Crippen LogP contribution is 2.28. The van der Waals surface area contributed by atoms with Crippen LogP contribution in [0.5, 0.6) is 0 Å². The normalized spacial score (nSPS) is 17.0. The van der Waals surface area contributed by atoms with Crippen molar-refractivity contribution < 1.29 is 4.79 Å². The van der Waals surface area contributed by atoms with Crippen LogP contribution in [0.4, 0.5) is 0 Å². The van der Waals surface area contributed by atoms with Crippen molar-refractivity contribution >= 4 is 5.91 Å². The molecule has 3 heterocycles. The molecular formula is C21H24N6O. The number of hydrogen-bond acceptors (Lipinski definition) is 5. The van der Waals surface area contributed by atoms with Gasteiger partial charge in [0.15, 0.2) is 0 Å². The molecule has 1 aliphatic heterocycles. The van der Waals surface area contributed by atoms with E-state index in [4.69, 9.17) is 0 Å². The summed E-state index contributed by atoms with van der Waals surface area (Å²) < 4.78 is 1.67. The Morgan fingerprint density at radius 2 is 1.96 bits per heavy atom. The molecule has 0 aliphatic carbocycles. The number of amides is 1. The van der Waals surface area contributed by atoms with Crippen molar-refractivity contribution in [2.45, 2.75) is 19.3 Å². The van der Waals surface area contributed by atoms with Gasteiger partial charge in [0.25, 0.3) is 5.91 Å². The summed E-state index contributed by atoms with van der Waals surface area (Å²) in [5.41, 5.74) is 3.20. The lowest BCUT2D eigenvalue weighted by atomic mass is 9.94. The Morgan fingerprint density at radius 3 is 2.79 bits per heavy atom. The van der Waals surface area contributed by atoms with Crippen LogP contribution < -0.4 is 5.32 Å². The number of aromatic nitrogens is 4. The lowest BCUT2D eigenvalue weighted by Gasteiger charge is -2.17. The number of pyridine rings is 1. The van der Waals surface area contributed by atoms with Crippen LogP contribution in [0, 0.1) is 6.92 Å². The van der Waals surface area contributed by atoms with Crippen LogP contribution in [0.2, 0.25) is 0 Å². The summed E-state index contributed by atoms with van der Waals surface area (Å²) in [6.45, 7) is 5.74. The summed E-state index contributed by atoms with van der Waals surface area (Å²) in [5, 5.41) is 10.5. The highest BCUT2D eigenvalue weighted by molar-refractivity contribution is 5.92. The van der Waals surface area contributed by atoms with Gasteiger partial charge in [0.2, 0.25) is 0 Å². The molecule has 1 fully saturated rings. The van der Waals surface area contributed by atoms with Gasteiger partial charge in [-0.05, 0) is 49.1 Å². The summed E-state index contributed by atoms with van der Waals surface area (Å²) in [6, 6.07) is 14.0. The molecular weight excluding hydrogens is 352 g/mol. The van der Waals surface area contributed by atoms with E-state index in [-0.39, 0.29) is 5.91 Å². The summed E-state index contributed by atoms with van der Waals surface area (Å²) in [4.78, 5) is 19.2. The maximum absolute atomic E-state index is 12.4. The molecule has 4 rings (SSSR count). The van der Waals surface area contributed by atoms with Gasteiger partial charge in [-0.15, -0.1) is 10.2 Å². The van der Waals surface area contributed by atoms with Crippen molar-refractivity contribution in [2.24, 2.45) is 0 Å². The maximum Gasteiger partial charge on any atom is 0.270 e. The highest BCUT2D eigenvalue weighted by atomic mass is 16.1. The number of nitrogens with zero attached hydrogens (tertiary/aromatic N) is 5. The molecule has 1 atom stereocenters. The van der Waals surface area contributed by atoms with Gasteiger partial charge in [0, 0.05) is 19.6 Å². The lowest BCUT2D eigenvalue weighted by molar-refractivity contribution is 0.0944. The zero-order valence-corrected chi connectivity index (χ0v) is 16.0. The van der Waals surface area contributed by atoms with Gasteiger partial charge in [0.1, 0.15) is 24.2 Å². The van der Waals surface area contributed by atoms with Crippen LogP contribution in [0.25, 0.3) is 5.82 Å². The minimum atomic E-state index is -0.162. The number of likely N-dealkylation sites (tertiary alicyclic amines) is 1. The highest BCUT2D eigenvalue weighted by Gasteiger charge is 2.24. The van der Waals surface area contributed by atoms with E-state index in [9.17, 15) is 4.79 Å². The molecule has 0 bridgehead atoms. The third-order valence-corrected chi connectivity index (χ3v) is 5.26. The third kappa shape index (κ3) is 4.09. The Bertz CT molecular complexity index is 940. The van der Waals surface area contributed by atoms with Gasteiger partial charge in [-0.1, -0.05) is 30.3 Å². The number of hydrogen-bond donors (Lipinski definition) is 1. The number of carbonyl (C=O) groups excluding carboxylic acids is 1. The van der Waals surface area contributed by atoms with Crippen molar-refractivity contribution in [1.82, 2.24) is 30.0 Å². The van der Waals surface area contributed by atoms with Gasteiger partial charge in [-0.3, -0.25) is 9.36 Å². The van der Waals surface area contributed by atoms with Crippen molar-refractivity contribution in [1.29, 1.82) is 0 Å². The summed E-state index contributed by atoms with van der Waals surface area (Å²) in [6.07, 6.45) is 4.28. The fraction of sp³-hybridized carbons (Fsp3) is 0.333. The lowest BCUT2D eigenvalue weighted by Crippen LogP contribution is -2.34. The molecule has 1 aliphatic rings. The molecule has 2 aromatic heterocycles. The van der Waals surface area contributed by atoms with Gasteiger partial charge >= 0.3 is 0 Å². The van der Waals surface area contributed by atoms with Crippen molar-refractivity contribution in [3.05, 3.63) is 71.9 Å². The van der Waals surface area contributed by atoms with E-state index in [1.165, 1.54) is 17.5 Å². The molecule has 1 N–H and O–H groups in total. The summed E-state index contributed by atoms with van der Waals surface area (Å²) in [5.74, 6) is 1.04. The fourth-order valence-corrected chi connectivity index (χ4v) is 3.77. The van der Waals surface area contributed by atoms with Gasteiger partial charge < -0.3 is 10.2 Å². The first kappa shape index (κ1) is 18.3. The van der Waals surface area contributed by atoms with Crippen LogP contribution in [-0.4, -0.2) is 56.7 Å². The summed E-state index contributed by atoms with van der Waals surface area (Å²) >= 11 is 0. The van der Waals surface area contributed by atoms with Gasteiger partial charge in [-0.2, -0.15) is 0 Å². The zero-order chi connectivity index (χ0) is 19.3. The van der Waals surface area contributed by atoms with E-state index in [0.717, 1.165) is 19.6 Å². The Morgan fingerprint density at radius 1 is 1.14 bits per heavy atom. The Kier molecular flexibility index (Phi) is 5.43. The molecule has 0 spiro atoms. The molecule has 1 saturated heterocycles. The summed E-state index contributed by atoms with van der Waals surface area (Å²) in [7, 11) is 0. The molecule has 28 heavy (non-hydrogen) atoms. The van der Waals surface area contributed by atoms with Crippen LogP contribution in [0.1, 0.15) is 34.0 Å². The Balaban J connectivity index is 1.28. The first-order chi connectivity index (χ1) is 13.7. The number of benzene rings is 1. The smallest absolute Gasteiger partial charge is 0.270 e. The first-order valence-corrected chi connectivity index (χ1v) is 9.59. The van der Waals surface area contributed by atoms with Crippen molar-refractivity contribution in [2.75, 3.05) is 26.2 Å². The number of aryl methyl sites for hydroxylation is 1. The molecule has 144 valence electrons. The second kappa shape index (κ2) is 8.31. The van der Waals surface area contributed by atoms with E-state index in [2.05, 4.69) is 56.6 Å². The topological polar surface area (TPSA) is 75.9 Å². The average Bonchev–Trinajstić information content (AvgIpc) is 3.41. The second-order valence-corrected chi connectivity index (χ2v) is 7.15. The molecule has 7 nitrogen and oxygen atoms in total. The standard InChI is InChI=1S/C21H24N6O/c1-16-5-2-3-6-18(16)17-9-11-26(13-17)12-10-22-21(28)19-7-4-8-20(25-19)27-14-23-24-15-27/h2-8,14-15,17H,9-13H2,1H3,(H,22,28). The largest absolute Gasteiger partial charge is 0.349 e. The maximum atomic E-state index is 12.4. The van der Waals surface area contributed by atoms with Crippen LogP contribution in [-0.2, 0) is 0 Å². The number of rotatable bonds is 6.